The zero-order valence-corrected chi connectivity index (χ0v) is 10.9. The van der Waals surface area contributed by atoms with Gasteiger partial charge in [-0.1, -0.05) is 49.6 Å². The van der Waals surface area contributed by atoms with Gasteiger partial charge >= 0.3 is 0 Å². The predicted octanol–water partition coefficient (Wildman–Crippen LogP) is 3.54. The zero-order valence-electron chi connectivity index (χ0n) is 10.9. The van der Waals surface area contributed by atoms with Crippen molar-refractivity contribution >= 4 is 0 Å². The number of hydrogen-bond acceptors (Lipinski definition) is 3. The fourth-order valence-corrected chi connectivity index (χ4v) is 2.78. The lowest BCUT2D eigenvalue weighted by molar-refractivity contribution is -0.518. The smallest absolute Gasteiger partial charge is 0.225 e. The van der Waals surface area contributed by atoms with Crippen LogP contribution >= 0.6 is 0 Å². The summed E-state index contributed by atoms with van der Waals surface area (Å²) in [7, 11) is 0. The second kappa shape index (κ2) is 4.65. The van der Waals surface area contributed by atoms with Crippen molar-refractivity contribution in [1.29, 1.82) is 0 Å². The van der Waals surface area contributed by atoms with Crippen molar-refractivity contribution in [2.24, 2.45) is 0 Å². The Morgan fingerprint density at radius 1 is 0.944 bits per heavy atom. The quantitative estimate of drug-likeness (QED) is 0.711. The van der Waals surface area contributed by atoms with Crippen LogP contribution in [0.1, 0.15) is 44.6 Å². The maximum absolute atomic E-state index is 6.00. The molecular formula is C15H20O3. The van der Waals surface area contributed by atoms with Crippen molar-refractivity contribution in [1.82, 2.24) is 0 Å². The molecule has 18 heavy (non-hydrogen) atoms. The summed E-state index contributed by atoms with van der Waals surface area (Å²) in [6, 6.07) is 9.96. The van der Waals surface area contributed by atoms with E-state index in [0.717, 1.165) is 18.4 Å². The summed E-state index contributed by atoms with van der Waals surface area (Å²) in [6.07, 6.45) is 5.78. The Kier molecular flexibility index (Phi) is 3.14. The van der Waals surface area contributed by atoms with Crippen LogP contribution in [0.4, 0.5) is 0 Å². The van der Waals surface area contributed by atoms with E-state index in [0.29, 0.717) is 6.61 Å². The molecule has 1 atom stereocenters. The minimum Gasteiger partial charge on any atom is -0.341 e. The molecule has 1 aromatic rings. The van der Waals surface area contributed by atoms with Crippen molar-refractivity contribution < 1.29 is 14.5 Å². The first-order valence-corrected chi connectivity index (χ1v) is 6.79. The van der Waals surface area contributed by atoms with Crippen LogP contribution in [0.3, 0.4) is 0 Å². The Bertz CT molecular complexity index is 385. The molecule has 1 spiro atoms. The zero-order chi connectivity index (χ0) is 12.5. The van der Waals surface area contributed by atoms with Gasteiger partial charge in [0, 0.05) is 5.56 Å². The summed E-state index contributed by atoms with van der Waals surface area (Å²) in [6.45, 7) is 2.54. The highest BCUT2D eigenvalue weighted by Crippen LogP contribution is 2.41. The van der Waals surface area contributed by atoms with Crippen molar-refractivity contribution in [3.05, 3.63) is 35.9 Å². The normalized spacial score (nSPS) is 31.4. The molecule has 0 amide bonds. The Morgan fingerprint density at radius 3 is 2.28 bits per heavy atom. The van der Waals surface area contributed by atoms with E-state index in [1.807, 2.05) is 37.3 Å². The molecule has 3 nitrogen and oxygen atoms in total. The van der Waals surface area contributed by atoms with Gasteiger partial charge in [-0.25, -0.2) is 4.89 Å². The third kappa shape index (κ3) is 2.18. The van der Waals surface area contributed by atoms with E-state index < -0.39 is 5.79 Å². The molecule has 98 valence electrons. The molecule has 0 radical (unpaired) electrons. The van der Waals surface area contributed by atoms with Crippen LogP contribution in [-0.4, -0.2) is 12.2 Å². The second-order valence-corrected chi connectivity index (χ2v) is 5.51. The van der Waals surface area contributed by atoms with E-state index in [4.69, 9.17) is 14.5 Å². The van der Waals surface area contributed by atoms with Gasteiger partial charge in [-0.2, -0.15) is 4.89 Å². The monoisotopic (exact) mass is 248 g/mol. The average molecular weight is 248 g/mol. The van der Waals surface area contributed by atoms with Crippen molar-refractivity contribution in [3.63, 3.8) is 0 Å². The molecule has 3 rings (SSSR count). The van der Waals surface area contributed by atoms with Crippen LogP contribution in [0.5, 0.6) is 0 Å². The molecule has 1 aliphatic heterocycles. The first-order chi connectivity index (χ1) is 8.73. The lowest BCUT2D eigenvalue weighted by atomic mass is 9.85. The first-order valence-electron chi connectivity index (χ1n) is 6.79. The van der Waals surface area contributed by atoms with E-state index in [2.05, 4.69) is 0 Å². The third-order valence-electron chi connectivity index (χ3n) is 4.05. The highest BCUT2D eigenvalue weighted by atomic mass is 17.2. The maximum atomic E-state index is 6.00. The number of benzene rings is 1. The molecule has 1 unspecified atom stereocenters. The molecule has 2 fully saturated rings. The number of rotatable bonds is 1. The Labute approximate surface area is 108 Å². The molecule has 1 saturated carbocycles. The molecule has 1 heterocycles. The summed E-state index contributed by atoms with van der Waals surface area (Å²) >= 11 is 0. The van der Waals surface area contributed by atoms with Crippen LogP contribution in [-0.2, 0) is 20.3 Å². The molecule has 0 N–H and O–H groups in total. The van der Waals surface area contributed by atoms with E-state index >= 15 is 0 Å². The van der Waals surface area contributed by atoms with Gasteiger partial charge in [-0.15, -0.1) is 0 Å². The van der Waals surface area contributed by atoms with Gasteiger partial charge in [0.15, 0.2) is 0 Å². The predicted molar refractivity (Wildman–Crippen MR) is 67.7 cm³/mol. The van der Waals surface area contributed by atoms with Gasteiger partial charge in [0.25, 0.3) is 0 Å². The van der Waals surface area contributed by atoms with Gasteiger partial charge in [0.2, 0.25) is 5.79 Å². The van der Waals surface area contributed by atoms with Gasteiger partial charge in [-0.05, 0) is 19.8 Å². The fraction of sp³-hybridized carbons (Fsp3) is 0.600. The van der Waals surface area contributed by atoms with Gasteiger partial charge in [-0.3, -0.25) is 0 Å². The molecule has 0 bridgehead atoms. The summed E-state index contributed by atoms with van der Waals surface area (Å²) in [5, 5.41) is 0. The Balaban J connectivity index is 1.72. The van der Waals surface area contributed by atoms with Crippen LogP contribution in [0, 0.1) is 0 Å². The van der Waals surface area contributed by atoms with Gasteiger partial charge < -0.3 is 4.74 Å². The number of hydrogen-bond donors (Lipinski definition) is 0. The second-order valence-electron chi connectivity index (χ2n) is 5.51. The van der Waals surface area contributed by atoms with Crippen LogP contribution in [0.25, 0.3) is 0 Å². The number of ether oxygens (including phenoxy) is 1. The van der Waals surface area contributed by atoms with E-state index in [1.165, 1.54) is 19.3 Å². The van der Waals surface area contributed by atoms with Crippen LogP contribution in [0.2, 0.25) is 0 Å². The average Bonchev–Trinajstić information content (AvgIpc) is 2.45. The fourth-order valence-electron chi connectivity index (χ4n) is 2.78. The maximum Gasteiger partial charge on any atom is 0.225 e. The topological polar surface area (TPSA) is 27.7 Å². The van der Waals surface area contributed by atoms with Crippen LogP contribution in [0.15, 0.2) is 30.3 Å². The van der Waals surface area contributed by atoms with Crippen LogP contribution < -0.4 is 0 Å². The molecular weight excluding hydrogens is 228 g/mol. The highest BCUT2D eigenvalue weighted by molar-refractivity contribution is 5.19. The van der Waals surface area contributed by atoms with E-state index in [-0.39, 0.29) is 5.60 Å². The van der Waals surface area contributed by atoms with E-state index in [1.54, 1.807) is 0 Å². The minimum absolute atomic E-state index is 0.202. The molecule has 2 aliphatic rings. The van der Waals surface area contributed by atoms with E-state index in [9.17, 15) is 0 Å². The highest BCUT2D eigenvalue weighted by Gasteiger charge is 2.45. The van der Waals surface area contributed by atoms with Gasteiger partial charge in [0.05, 0.1) is 6.61 Å². The lowest BCUT2D eigenvalue weighted by Gasteiger charge is -2.45. The lowest BCUT2D eigenvalue weighted by Crippen LogP contribution is -2.50. The molecule has 1 saturated heterocycles. The standard InChI is InChI=1S/C15H20O3/c1-14(13-8-4-2-5-9-13)16-12-15(18-17-14)10-6-3-7-11-15/h2,4-5,8-9H,3,6-7,10-12H2,1H3. The largest absolute Gasteiger partial charge is 0.341 e. The van der Waals surface area contributed by atoms with Crippen molar-refractivity contribution in [3.8, 4) is 0 Å². The SMILES string of the molecule is CC1(c2ccccc2)OCC2(CCCCC2)OO1. The molecule has 1 aromatic carbocycles. The molecule has 0 aromatic heterocycles. The van der Waals surface area contributed by atoms with Gasteiger partial charge in [0.1, 0.15) is 5.60 Å². The Hall–Kier alpha value is -0.900. The van der Waals surface area contributed by atoms with Crippen molar-refractivity contribution in [2.45, 2.75) is 50.4 Å². The third-order valence-corrected chi connectivity index (χ3v) is 4.05. The summed E-state index contributed by atoms with van der Waals surface area (Å²) in [5.74, 6) is -0.774. The molecule has 3 heteroatoms. The first kappa shape index (κ1) is 12.2. The Morgan fingerprint density at radius 2 is 1.67 bits per heavy atom. The molecule has 1 aliphatic carbocycles. The summed E-state index contributed by atoms with van der Waals surface area (Å²) in [5.41, 5.74) is 0.794. The summed E-state index contributed by atoms with van der Waals surface area (Å²) in [4.78, 5) is 11.4. The minimum atomic E-state index is -0.774. The van der Waals surface area contributed by atoms with Crippen molar-refractivity contribution in [2.75, 3.05) is 6.61 Å². The summed E-state index contributed by atoms with van der Waals surface area (Å²) < 4.78 is 6.00.